The maximum absolute atomic E-state index is 13.3. The molecule has 0 unspecified atom stereocenters. The Labute approximate surface area is 126 Å². The SMILES string of the molecule is CCSc1cc(-c2cc(F)cc(F)c2)cnc1SCC. The summed E-state index contributed by atoms with van der Waals surface area (Å²) < 4.78 is 26.6. The maximum Gasteiger partial charge on any atom is 0.126 e. The highest BCUT2D eigenvalue weighted by Crippen LogP contribution is 2.33. The van der Waals surface area contributed by atoms with E-state index < -0.39 is 11.6 Å². The number of pyridine rings is 1. The van der Waals surface area contributed by atoms with Gasteiger partial charge in [0.2, 0.25) is 0 Å². The molecule has 0 bridgehead atoms. The van der Waals surface area contributed by atoms with Crippen LogP contribution in [0.3, 0.4) is 0 Å². The van der Waals surface area contributed by atoms with Gasteiger partial charge >= 0.3 is 0 Å². The molecule has 2 aromatic rings. The summed E-state index contributed by atoms with van der Waals surface area (Å²) in [6.07, 6.45) is 1.67. The first-order valence-electron chi connectivity index (χ1n) is 6.36. The van der Waals surface area contributed by atoms with E-state index in [4.69, 9.17) is 0 Å². The highest BCUT2D eigenvalue weighted by molar-refractivity contribution is 8.02. The Hall–Kier alpha value is -1.07. The van der Waals surface area contributed by atoms with Gasteiger partial charge in [-0.2, -0.15) is 0 Å². The molecule has 0 N–H and O–H groups in total. The molecule has 0 saturated heterocycles. The van der Waals surface area contributed by atoms with E-state index in [1.54, 1.807) is 29.7 Å². The molecule has 1 nitrogen and oxygen atoms in total. The third-order valence-corrected chi connectivity index (χ3v) is 4.52. The van der Waals surface area contributed by atoms with Gasteiger partial charge in [-0.1, -0.05) is 13.8 Å². The highest BCUT2D eigenvalue weighted by Gasteiger charge is 2.09. The Morgan fingerprint density at radius 3 is 2.15 bits per heavy atom. The average Bonchev–Trinajstić information content (AvgIpc) is 2.40. The fraction of sp³-hybridized carbons (Fsp3) is 0.267. The summed E-state index contributed by atoms with van der Waals surface area (Å²) in [5.74, 6) is 0.728. The van der Waals surface area contributed by atoms with Crippen LogP contribution in [0, 0.1) is 11.6 Å². The van der Waals surface area contributed by atoms with Crippen molar-refractivity contribution >= 4 is 23.5 Å². The smallest absolute Gasteiger partial charge is 0.126 e. The van der Waals surface area contributed by atoms with Crippen LogP contribution < -0.4 is 0 Å². The van der Waals surface area contributed by atoms with Crippen molar-refractivity contribution in [3.63, 3.8) is 0 Å². The monoisotopic (exact) mass is 311 g/mol. The Morgan fingerprint density at radius 2 is 1.55 bits per heavy atom. The van der Waals surface area contributed by atoms with Gasteiger partial charge in [0, 0.05) is 22.7 Å². The van der Waals surface area contributed by atoms with Crippen molar-refractivity contribution in [1.29, 1.82) is 0 Å². The standard InChI is InChI=1S/C15H15F2NS2/c1-3-19-14-7-11(9-18-15(14)20-4-2)10-5-12(16)8-13(17)6-10/h5-9H,3-4H2,1-2H3. The molecule has 0 aliphatic rings. The molecule has 1 aromatic heterocycles. The molecule has 0 radical (unpaired) electrons. The summed E-state index contributed by atoms with van der Waals surface area (Å²) in [7, 11) is 0. The number of aromatic nitrogens is 1. The van der Waals surface area contributed by atoms with Gasteiger partial charge in [0.15, 0.2) is 0 Å². The van der Waals surface area contributed by atoms with E-state index in [0.717, 1.165) is 33.1 Å². The van der Waals surface area contributed by atoms with E-state index in [-0.39, 0.29) is 0 Å². The molecule has 0 fully saturated rings. The Bertz CT molecular complexity index is 582. The second-order valence-electron chi connectivity index (χ2n) is 4.05. The van der Waals surface area contributed by atoms with Crippen LogP contribution in [-0.2, 0) is 0 Å². The van der Waals surface area contributed by atoms with Gasteiger partial charge in [0.25, 0.3) is 0 Å². The molecule has 2 rings (SSSR count). The van der Waals surface area contributed by atoms with Crippen LogP contribution in [0.4, 0.5) is 8.78 Å². The number of hydrogen-bond acceptors (Lipinski definition) is 3. The van der Waals surface area contributed by atoms with E-state index in [0.29, 0.717) is 5.56 Å². The van der Waals surface area contributed by atoms with E-state index >= 15 is 0 Å². The first kappa shape index (κ1) is 15.3. The topological polar surface area (TPSA) is 12.9 Å². The predicted molar refractivity (Wildman–Crippen MR) is 82.4 cm³/mol. The van der Waals surface area contributed by atoms with E-state index in [1.807, 2.05) is 6.07 Å². The lowest BCUT2D eigenvalue weighted by Crippen LogP contribution is -1.90. The lowest BCUT2D eigenvalue weighted by Gasteiger charge is -2.09. The molecule has 1 heterocycles. The molecular weight excluding hydrogens is 296 g/mol. The Balaban J connectivity index is 2.43. The minimum Gasteiger partial charge on any atom is -0.248 e. The summed E-state index contributed by atoms with van der Waals surface area (Å²) in [4.78, 5) is 5.48. The minimum atomic E-state index is -0.572. The van der Waals surface area contributed by atoms with Gasteiger partial charge in [-0.15, -0.1) is 23.5 Å². The van der Waals surface area contributed by atoms with Crippen LogP contribution in [0.15, 0.2) is 40.4 Å². The van der Waals surface area contributed by atoms with Gasteiger partial charge in [-0.3, -0.25) is 0 Å². The molecule has 20 heavy (non-hydrogen) atoms. The van der Waals surface area contributed by atoms with Crippen molar-refractivity contribution in [1.82, 2.24) is 4.98 Å². The Morgan fingerprint density at radius 1 is 0.900 bits per heavy atom. The maximum atomic E-state index is 13.3. The van der Waals surface area contributed by atoms with E-state index in [9.17, 15) is 8.78 Å². The zero-order chi connectivity index (χ0) is 14.5. The van der Waals surface area contributed by atoms with Crippen LogP contribution in [0.5, 0.6) is 0 Å². The zero-order valence-corrected chi connectivity index (χ0v) is 13.0. The molecule has 0 atom stereocenters. The lowest BCUT2D eigenvalue weighted by atomic mass is 10.1. The molecule has 0 aliphatic carbocycles. The fourth-order valence-electron chi connectivity index (χ4n) is 1.81. The van der Waals surface area contributed by atoms with Gasteiger partial charge < -0.3 is 0 Å². The predicted octanol–water partition coefficient (Wildman–Crippen LogP) is 5.25. The molecule has 5 heteroatoms. The molecule has 0 aliphatic heterocycles. The molecular formula is C15H15F2NS2. The summed E-state index contributed by atoms with van der Waals surface area (Å²) >= 11 is 3.36. The van der Waals surface area contributed by atoms with Gasteiger partial charge in [0.05, 0.1) is 0 Å². The highest BCUT2D eigenvalue weighted by atomic mass is 32.2. The first-order valence-corrected chi connectivity index (χ1v) is 8.33. The van der Waals surface area contributed by atoms with Crippen LogP contribution in [-0.4, -0.2) is 16.5 Å². The van der Waals surface area contributed by atoms with Crippen LogP contribution in [0.25, 0.3) is 11.1 Å². The van der Waals surface area contributed by atoms with Crippen LogP contribution in [0.1, 0.15) is 13.8 Å². The summed E-state index contributed by atoms with van der Waals surface area (Å²) in [6, 6.07) is 5.48. The summed E-state index contributed by atoms with van der Waals surface area (Å²) in [5.41, 5.74) is 1.25. The number of thioether (sulfide) groups is 2. The van der Waals surface area contributed by atoms with Crippen LogP contribution in [0.2, 0.25) is 0 Å². The normalized spacial score (nSPS) is 10.8. The second-order valence-corrected chi connectivity index (χ2v) is 6.61. The molecule has 0 spiro atoms. The molecule has 0 amide bonds. The van der Waals surface area contributed by atoms with Crippen LogP contribution >= 0.6 is 23.5 Å². The first-order chi connectivity index (χ1) is 9.63. The number of halogens is 2. The largest absolute Gasteiger partial charge is 0.248 e. The third-order valence-electron chi connectivity index (χ3n) is 2.60. The average molecular weight is 311 g/mol. The third kappa shape index (κ3) is 3.73. The Kier molecular flexibility index (Phi) is 5.43. The number of nitrogens with zero attached hydrogens (tertiary/aromatic N) is 1. The molecule has 0 saturated carbocycles. The molecule has 1 aromatic carbocycles. The van der Waals surface area contributed by atoms with Gasteiger partial charge in [-0.25, -0.2) is 13.8 Å². The number of rotatable bonds is 5. The number of hydrogen-bond donors (Lipinski definition) is 0. The van der Waals surface area contributed by atoms with Crippen molar-refractivity contribution in [3.8, 4) is 11.1 Å². The quantitative estimate of drug-likeness (QED) is 0.700. The second kappa shape index (κ2) is 7.09. The number of benzene rings is 1. The molecule has 106 valence electrons. The van der Waals surface area contributed by atoms with Crippen molar-refractivity contribution in [2.24, 2.45) is 0 Å². The van der Waals surface area contributed by atoms with Gasteiger partial charge in [-0.05, 0) is 35.3 Å². The summed E-state index contributed by atoms with van der Waals surface area (Å²) in [5, 5.41) is 0.972. The fourth-order valence-corrected chi connectivity index (χ4v) is 3.47. The van der Waals surface area contributed by atoms with Crippen molar-refractivity contribution in [2.75, 3.05) is 11.5 Å². The minimum absolute atomic E-state index is 0.515. The van der Waals surface area contributed by atoms with E-state index in [1.165, 1.54) is 12.1 Å². The summed E-state index contributed by atoms with van der Waals surface area (Å²) in [6.45, 7) is 4.14. The van der Waals surface area contributed by atoms with Crippen molar-refractivity contribution < 1.29 is 8.78 Å². The lowest BCUT2D eigenvalue weighted by molar-refractivity contribution is 0.584. The van der Waals surface area contributed by atoms with E-state index in [2.05, 4.69) is 18.8 Å². The van der Waals surface area contributed by atoms with Crippen molar-refractivity contribution in [2.45, 2.75) is 23.8 Å². The zero-order valence-electron chi connectivity index (χ0n) is 11.3. The van der Waals surface area contributed by atoms with Gasteiger partial charge in [0.1, 0.15) is 16.7 Å². The van der Waals surface area contributed by atoms with Crippen molar-refractivity contribution in [3.05, 3.63) is 42.1 Å².